The van der Waals surface area contributed by atoms with Crippen molar-refractivity contribution in [2.75, 3.05) is 19.5 Å². The quantitative estimate of drug-likeness (QED) is 0.258. The van der Waals surface area contributed by atoms with E-state index in [2.05, 4.69) is 20.6 Å². The summed E-state index contributed by atoms with van der Waals surface area (Å²) >= 11 is 0. The van der Waals surface area contributed by atoms with Crippen LogP contribution in [0.4, 0.5) is 5.82 Å². The number of amides is 1. The number of anilines is 1. The van der Waals surface area contributed by atoms with Crippen LogP contribution in [0, 0.1) is 0 Å². The molecular formula is C31H32N6O4. The van der Waals surface area contributed by atoms with Crippen LogP contribution in [0.1, 0.15) is 41.4 Å². The Hall–Kier alpha value is -5.12. The van der Waals surface area contributed by atoms with Crippen molar-refractivity contribution in [1.82, 2.24) is 24.4 Å². The maximum absolute atomic E-state index is 13.7. The van der Waals surface area contributed by atoms with Crippen molar-refractivity contribution in [3.05, 3.63) is 106 Å². The van der Waals surface area contributed by atoms with Crippen LogP contribution in [-0.2, 0) is 13.1 Å². The molecule has 5 rings (SSSR count). The highest BCUT2D eigenvalue weighted by Gasteiger charge is 2.21. The van der Waals surface area contributed by atoms with Crippen LogP contribution in [0.15, 0.2) is 83.9 Å². The first kappa shape index (κ1) is 27.4. The predicted molar refractivity (Wildman–Crippen MR) is 158 cm³/mol. The van der Waals surface area contributed by atoms with E-state index in [0.717, 1.165) is 16.9 Å². The smallest absolute Gasteiger partial charge is 0.335 e. The van der Waals surface area contributed by atoms with E-state index in [0.29, 0.717) is 47.1 Å². The first-order valence-corrected chi connectivity index (χ1v) is 13.3. The highest BCUT2D eigenvalue weighted by molar-refractivity contribution is 5.96. The van der Waals surface area contributed by atoms with Gasteiger partial charge in [0.25, 0.3) is 5.91 Å². The molecule has 0 unspecified atom stereocenters. The van der Waals surface area contributed by atoms with Crippen LogP contribution in [-0.4, -0.2) is 39.2 Å². The lowest BCUT2D eigenvalue weighted by molar-refractivity contribution is 0.0948. The van der Waals surface area contributed by atoms with E-state index >= 15 is 0 Å². The van der Waals surface area contributed by atoms with Crippen molar-refractivity contribution in [2.24, 2.45) is 0 Å². The molecule has 0 aliphatic rings. The molecule has 1 amide bonds. The molecule has 2 N–H and O–H groups in total. The molecular weight excluding hydrogens is 520 g/mol. The molecule has 2 aromatic heterocycles. The molecule has 10 nitrogen and oxygen atoms in total. The van der Waals surface area contributed by atoms with Crippen molar-refractivity contribution in [3.63, 3.8) is 0 Å². The van der Waals surface area contributed by atoms with Gasteiger partial charge in [-0.3, -0.25) is 13.9 Å². The van der Waals surface area contributed by atoms with E-state index < -0.39 is 0 Å². The Labute approximate surface area is 237 Å². The SMILES string of the molecule is COc1ccc(CNc2ncnc3c2n(-c2ccc(CNC(=O)c4ccccc4OC)cc2)c(=O)n3C(C)C)cc1. The van der Waals surface area contributed by atoms with Gasteiger partial charge in [-0.25, -0.2) is 14.8 Å². The zero-order valence-electron chi connectivity index (χ0n) is 23.4. The number of fused-ring (bicyclic) bond motifs is 1. The molecule has 0 bridgehead atoms. The number of nitrogens with one attached hydrogen (secondary N) is 2. The number of carbonyl (C=O) groups excluding carboxylic acids is 1. The third kappa shape index (κ3) is 5.62. The van der Waals surface area contributed by atoms with Crippen molar-refractivity contribution >= 4 is 22.9 Å². The summed E-state index contributed by atoms with van der Waals surface area (Å²) in [5, 5.41) is 6.31. The van der Waals surface area contributed by atoms with Gasteiger partial charge in [-0.2, -0.15) is 0 Å². The summed E-state index contributed by atoms with van der Waals surface area (Å²) in [6.45, 7) is 4.72. The Morgan fingerprint density at radius 2 is 1.56 bits per heavy atom. The number of hydrogen-bond acceptors (Lipinski definition) is 7. The summed E-state index contributed by atoms with van der Waals surface area (Å²) in [4.78, 5) is 35.4. The van der Waals surface area contributed by atoms with Crippen LogP contribution in [0.25, 0.3) is 16.9 Å². The Morgan fingerprint density at radius 1 is 0.878 bits per heavy atom. The molecule has 0 saturated carbocycles. The van der Waals surface area contributed by atoms with Gasteiger partial charge in [0.15, 0.2) is 11.5 Å². The van der Waals surface area contributed by atoms with E-state index in [1.807, 2.05) is 68.4 Å². The topological polar surface area (TPSA) is 112 Å². The fourth-order valence-corrected chi connectivity index (χ4v) is 4.68. The summed E-state index contributed by atoms with van der Waals surface area (Å²) in [7, 11) is 3.17. The van der Waals surface area contributed by atoms with Crippen LogP contribution in [0.3, 0.4) is 0 Å². The molecule has 0 fully saturated rings. The minimum atomic E-state index is -0.229. The monoisotopic (exact) mass is 552 g/mol. The zero-order valence-corrected chi connectivity index (χ0v) is 23.4. The fourth-order valence-electron chi connectivity index (χ4n) is 4.68. The van der Waals surface area contributed by atoms with Crippen LogP contribution < -0.4 is 25.8 Å². The number of rotatable bonds is 10. The number of hydrogen-bond donors (Lipinski definition) is 2. The number of benzene rings is 3. The zero-order chi connectivity index (χ0) is 28.9. The standard InChI is InChI=1S/C31H32N6O4/c1-20(2)36-29-27(28(34-19-35-29)32-17-22-11-15-24(40-3)16-12-22)37(31(36)39)23-13-9-21(10-14-23)18-33-30(38)25-7-5-6-8-26(25)41-4/h5-16,19-20H,17-18H2,1-4H3,(H,33,38)(H,32,34,35). The molecule has 10 heteroatoms. The first-order chi connectivity index (χ1) is 19.9. The Bertz CT molecular complexity index is 1720. The largest absolute Gasteiger partial charge is 0.497 e. The lowest BCUT2D eigenvalue weighted by atomic mass is 10.1. The molecule has 0 aliphatic heterocycles. The van der Waals surface area contributed by atoms with Crippen molar-refractivity contribution < 1.29 is 14.3 Å². The molecule has 0 atom stereocenters. The maximum Gasteiger partial charge on any atom is 0.335 e. The summed E-state index contributed by atoms with van der Waals surface area (Å²) in [6, 6.07) is 22.2. The van der Waals surface area contributed by atoms with Gasteiger partial charge in [0.2, 0.25) is 0 Å². The molecule has 5 aromatic rings. The second-order valence-electron chi connectivity index (χ2n) is 9.73. The minimum Gasteiger partial charge on any atom is -0.497 e. The normalized spacial score (nSPS) is 11.0. The third-order valence-electron chi connectivity index (χ3n) is 6.79. The molecule has 41 heavy (non-hydrogen) atoms. The maximum atomic E-state index is 13.7. The number of para-hydroxylation sites is 1. The van der Waals surface area contributed by atoms with Gasteiger partial charge in [-0.15, -0.1) is 0 Å². The molecule has 0 saturated heterocycles. The Morgan fingerprint density at radius 3 is 2.24 bits per heavy atom. The van der Waals surface area contributed by atoms with Crippen molar-refractivity contribution in [3.8, 4) is 17.2 Å². The first-order valence-electron chi connectivity index (χ1n) is 13.3. The average Bonchev–Trinajstić information content (AvgIpc) is 3.31. The van der Waals surface area contributed by atoms with E-state index in [1.54, 1.807) is 34.4 Å². The molecule has 2 heterocycles. The van der Waals surface area contributed by atoms with Crippen molar-refractivity contribution in [2.45, 2.75) is 33.0 Å². The Balaban J connectivity index is 1.43. The number of carbonyl (C=O) groups is 1. The van der Waals surface area contributed by atoms with Gasteiger partial charge in [0, 0.05) is 19.1 Å². The van der Waals surface area contributed by atoms with Gasteiger partial charge < -0.3 is 20.1 Å². The van der Waals surface area contributed by atoms with Gasteiger partial charge >= 0.3 is 5.69 Å². The van der Waals surface area contributed by atoms with E-state index in [1.165, 1.54) is 13.4 Å². The average molecular weight is 553 g/mol. The number of ether oxygens (including phenoxy) is 2. The van der Waals surface area contributed by atoms with Crippen molar-refractivity contribution in [1.29, 1.82) is 0 Å². The molecule has 0 spiro atoms. The van der Waals surface area contributed by atoms with Crippen LogP contribution >= 0.6 is 0 Å². The second-order valence-corrected chi connectivity index (χ2v) is 9.73. The predicted octanol–water partition coefficient (Wildman–Crippen LogP) is 4.72. The highest BCUT2D eigenvalue weighted by atomic mass is 16.5. The number of methoxy groups -OCH3 is 2. The lowest BCUT2D eigenvalue weighted by Crippen LogP contribution is -2.25. The summed E-state index contributed by atoms with van der Waals surface area (Å²) in [5.74, 6) is 1.62. The van der Waals surface area contributed by atoms with Crippen LogP contribution in [0.5, 0.6) is 11.5 Å². The van der Waals surface area contributed by atoms with Gasteiger partial charge in [0.1, 0.15) is 23.3 Å². The number of imidazole rings is 1. The lowest BCUT2D eigenvalue weighted by Gasteiger charge is -2.11. The number of nitrogens with zero attached hydrogens (tertiary/aromatic N) is 4. The second kappa shape index (κ2) is 12.0. The van der Waals surface area contributed by atoms with Crippen LogP contribution in [0.2, 0.25) is 0 Å². The molecule has 0 radical (unpaired) electrons. The molecule has 210 valence electrons. The fraction of sp³-hybridized carbons (Fsp3) is 0.226. The molecule has 0 aliphatic carbocycles. The van der Waals surface area contributed by atoms with E-state index in [-0.39, 0.29) is 17.6 Å². The van der Waals surface area contributed by atoms with E-state index in [9.17, 15) is 9.59 Å². The Kier molecular flexibility index (Phi) is 8.00. The summed E-state index contributed by atoms with van der Waals surface area (Å²) in [5.41, 5.74) is 3.99. The van der Waals surface area contributed by atoms with Gasteiger partial charge in [0.05, 0.1) is 25.5 Å². The number of aromatic nitrogens is 4. The third-order valence-corrected chi connectivity index (χ3v) is 6.79. The highest BCUT2D eigenvalue weighted by Crippen LogP contribution is 2.25. The van der Waals surface area contributed by atoms with Gasteiger partial charge in [-0.05, 0) is 61.4 Å². The van der Waals surface area contributed by atoms with Gasteiger partial charge in [-0.1, -0.05) is 36.4 Å². The summed E-state index contributed by atoms with van der Waals surface area (Å²) < 4.78 is 13.8. The summed E-state index contributed by atoms with van der Waals surface area (Å²) in [6.07, 6.45) is 1.47. The van der Waals surface area contributed by atoms with E-state index in [4.69, 9.17) is 9.47 Å². The molecule has 3 aromatic carbocycles. The minimum absolute atomic E-state index is 0.111.